The van der Waals surface area contributed by atoms with Crippen molar-refractivity contribution < 1.29 is 19.2 Å². The minimum Gasteiger partial charge on any atom is -0.211 e. The van der Waals surface area contributed by atoms with Crippen molar-refractivity contribution in [2.24, 2.45) is 25.9 Å². The van der Waals surface area contributed by atoms with Gasteiger partial charge in [0.1, 0.15) is 5.54 Å². The molecule has 0 N–H and O–H groups in total. The van der Waals surface area contributed by atoms with Crippen molar-refractivity contribution in [3.8, 4) is 0 Å². The van der Waals surface area contributed by atoms with Crippen LogP contribution in [0.1, 0.15) is 51.9 Å². The van der Waals surface area contributed by atoms with Crippen LogP contribution in [0.25, 0.3) is 0 Å². The van der Waals surface area contributed by atoms with E-state index in [0.717, 1.165) is 19.3 Å². The van der Waals surface area contributed by atoms with Gasteiger partial charge in [0, 0.05) is 5.92 Å². The summed E-state index contributed by atoms with van der Waals surface area (Å²) in [4.78, 5) is 57.9. The summed E-state index contributed by atoms with van der Waals surface area (Å²) in [5.74, 6) is -0.245. The summed E-state index contributed by atoms with van der Waals surface area (Å²) in [6.45, 7) is 2.27. The molecule has 1 aliphatic carbocycles. The van der Waals surface area contributed by atoms with Gasteiger partial charge >= 0.3 is 0 Å². The van der Waals surface area contributed by atoms with E-state index in [1.54, 1.807) is 18.2 Å². The van der Waals surface area contributed by atoms with Crippen molar-refractivity contribution in [2.75, 3.05) is 6.54 Å². The Balaban J connectivity index is 2.96. The van der Waals surface area contributed by atoms with Crippen LogP contribution in [-0.2, 0) is 19.2 Å². The average Bonchev–Trinajstić information content (AvgIpc) is 2.61. The van der Waals surface area contributed by atoms with E-state index in [2.05, 4.69) is 20.0 Å². The van der Waals surface area contributed by atoms with E-state index in [1.807, 2.05) is 6.92 Å². The Kier molecular flexibility index (Phi) is 9.16. The Labute approximate surface area is 146 Å². The van der Waals surface area contributed by atoms with Crippen LogP contribution in [0.5, 0.6) is 0 Å². The van der Waals surface area contributed by atoms with Crippen LogP contribution < -0.4 is 0 Å². The predicted molar refractivity (Wildman–Crippen MR) is 89.1 cm³/mol. The first-order valence-electron chi connectivity index (χ1n) is 8.43. The Morgan fingerprint density at radius 3 is 2.48 bits per heavy atom. The summed E-state index contributed by atoms with van der Waals surface area (Å²) in [6.07, 6.45) is 11.0. The molecule has 0 aromatic rings. The lowest BCUT2D eigenvalue weighted by molar-refractivity contribution is 0.145. The number of unbranched alkanes of at least 4 members (excludes halogenated alkanes) is 2. The molecule has 0 aliphatic heterocycles. The van der Waals surface area contributed by atoms with E-state index in [0.29, 0.717) is 32.2 Å². The van der Waals surface area contributed by atoms with Gasteiger partial charge in [0.15, 0.2) is 0 Å². The van der Waals surface area contributed by atoms with Crippen LogP contribution in [0, 0.1) is 5.92 Å². The summed E-state index contributed by atoms with van der Waals surface area (Å²) in [6, 6.07) is -0.838. The van der Waals surface area contributed by atoms with Crippen molar-refractivity contribution in [1.29, 1.82) is 0 Å². The van der Waals surface area contributed by atoms with Crippen LogP contribution in [0.2, 0.25) is 0 Å². The highest BCUT2D eigenvalue weighted by Gasteiger charge is 2.49. The number of nitrogens with zero attached hydrogens (tertiary/aromatic N) is 4. The van der Waals surface area contributed by atoms with Gasteiger partial charge < -0.3 is 0 Å². The number of rotatable bonds is 10. The highest BCUT2D eigenvalue weighted by atomic mass is 16.1. The largest absolute Gasteiger partial charge is 0.235 e. The number of isocyanates is 4. The maximum atomic E-state index is 11.1. The summed E-state index contributed by atoms with van der Waals surface area (Å²) < 4.78 is 0. The Hall–Kier alpha value is -2.48. The van der Waals surface area contributed by atoms with Crippen molar-refractivity contribution >= 4 is 24.3 Å². The lowest BCUT2D eigenvalue weighted by atomic mass is 9.66. The monoisotopic (exact) mass is 346 g/mol. The molecule has 25 heavy (non-hydrogen) atoms. The van der Waals surface area contributed by atoms with Crippen LogP contribution in [0.4, 0.5) is 0 Å². The third-order valence-corrected chi connectivity index (χ3v) is 5.01. The molecule has 0 aromatic heterocycles. The predicted octanol–water partition coefficient (Wildman–Crippen LogP) is 2.19. The average molecular weight is 346 g/mol. The van der Waals surface area contributed by atoms with Crippen molar-refractivity contribution in [3.05, 3.63) is 0 Å². The second kappa shape index (κ2) is 11.1. The standard InChI is InChI=1S/C17H22N4O4/c1-14-15(19-11-23)6-5-8-17(14,21-13-25)16(20-12-24)7-3-2-4-9-18-10-22/h14-16H,2-9H2,1H3. The molecule has 0 amide bonds. The molecule has 0 radical (unpaired) electrons. The fraction of sp³-hybridized carbons (Fsp3) is 0.765. The molecule has 134 valence electrons. The molecule has 1 saturated carbocycles. The van der Waals surface area contributed by atoms with Gasteiger partial charge in [-0.15, -0.1) is 0 Å². The molecule has 0 bridgehead atoms. The summed E-state index contributed by atoms with van der Waals surface area (Å²) in [5.41, 5.74) is -0.913. The van der Waals surface area contributed by atoms with Gasteiger partial charge in [-0.1, -0.05) is 19.8 Å². The zero-order valence-corrected chi connectivity index (χ0v) is 14.3. The van der Waals surface area contributed by atoms with Gasteiger partial charge in [-0.05, 0) is 32.1 Å². The van der Waals surface area contributed by atoms with Crippen LogP contribution in [-0.4, -0.2) is 48.5 Å². The zero-order chi connectivity index (χ0) is 18.5. The normalized spacial score (nSPS) is 26.1. The zero-order valence-electron chi connectivity index (χ0n) is 14.3. The quantitative estimate of drug-likeness (QED) is 0.342. The van der Waals surface area contributed by atoms with E-state index in [9.17, 15) is 19.2 Å². The molecule has 0 heterocycles. The third kappa shape index (κ3) is 5.53. The smallest absolute Gasteiger partial charge is 0.211 e. The molecule has 1 fully saturated rings. The number of aliphatic imine (C=N–C) groups is 4. The maximum absolute atomic E-state index is 11.1. The number of hydrogen-bond donors (Lipinski definition) is 0. The SMILES string of the molecule is CC1C(N=C=O)CCCC1(N=C=O)C(CCCCCN=C=O)N=C=O. The van der Waals surface area contributed by atoms with Gasteiger partial charge in [-0.3, -0.25) is 0 Å². The van der Waals surface area contributed by atoms with Gasteiger partial charge in [0.25, 0.3) is 0 Å². The first-order valence-corrected chi connectivity index (χ1v) is 8.43. The van der Waals surface area contributed by atoms with Gasteiger partial charge in [0.2, 0.25) is 24.3 Å². The van der Waals surface area contributed by atoms with Crippen LogP contribution in [0.15, 0.2) is 20.0 Å². The maximum Gasteiger partial charge on any atom is 0.235 e. The van der Waals surface area contributed by atoms with Crippen molar-refractivity contribution in [3.63, 3.8) is 0 Å². The molecule has 1 aliphatic rings. The molecule has 1 rings (SSSR count). The van der Waals surface area contributed by atoms with Crippen molar-refractivity contribution in [2.45, 2.75) is 69.5 Å². The van der Waals surface area contributed by atoms with Crippen LogP contribution in [0.3, 0.4) is 0 Å². The minimum absolute atomic E-state index is 0.245. The van der Waals surface area contributed by atoms with E-state index in [-0.39, 0.29) is 12.0 Å². The Bertz CT molecular complexity index is 627. The highest BCUT2D eigenvalue weighted by molar-refractivity contribution is 5.39. The summed E-state index contributed by atoms with van der Waals surface area (Å²) in [7, 11) is 0. The fourth-order valence-corrected chi connectivity index (χ4v) is 3.68. The molecule has 0 saturated heterocycles. The molecule has 0 spiro atoms. The lowest BCUT2D eigenvalue weighted by Gasteiger charge is -2.44. The molecule has 8 heteroatoms. The minimum atomic E-state index is -0.913. The van der Waals surface area contributed by atoms with Crippen LogP contribution >= 0.6 is 0 Å². The molecular formula is C17H22N4O4. The lowest BCUT2D eigenvalue weighted by Crippen LogP contribution is -2.51. The Morgan fingerprint density at radius 1 is 1.04 bits per heavy atom. The fourth-order valence-electron chi connectivity index (χ4n) is 3.68. The second-order valence-electron chi connectivity index (χ2n) is 6.22. The first kappa shape index (κ1) is 20.6. The second-order valence-corrected chi connectivity index (χ2v) is 6.22. The molecule has 0 aromatic carbocycles. The van der Waals surface area contributed by atoms with Gasteiger partial charge in [0.05, 0.1) is 18.6 Å². The Morgan fingerprint density at radius 2 is 1.84 bits per heavy atom. The molecule has 8 nitrogen and oxygen atoms in total. The van der Waals surface area contributed by atoms with E-state index in [4.69, 9.17) is 0 Å². The number of carbonyl (C=O) groups excluding carboxylic acids is 4. The third-order valence-electron chi connectivity index (χ3n) is 5.01. The summed E-state index contributed by atoms with van der Waals surface area (Å²) in [5, 5.41) is 0. The molecular weight excluding hydrogens is 324 g/mol. The van der Waals surface area contributed by atoms with Crippen molar-refractivity contribution in [1.82, 2.24) is 0 Å². The topological polar surface area (TPSA) is 118 Å². The van der Waals surface area contributed by atoms with Gasteiger partial charge in [-0.2, -0.15) is 9.98 Å². The van der Waals surface area contributed by atoms with Gasteiger partial charge in [-0.25, -0.2) is 29.2 Å². The number of hydrogen-bond acceptors (Lipinski definition) is 8. The van der Waals surface area contributed by atoms with E-state index >= 15 is 0 Å². The van der Waals surface area contributed by atoms with E-state index < -0.39 is 11.6 Å². The molecule has 4 unspecified atom stereocenters. The first-order chi connectivity index (χ1) is 12.2. The van der Waals surface area contributed by atoms with E-state index in [1.165, 1.54) is 6.08 Å². The highest BCUT2D eigenvalue weighted by Crippen LogP contribution is 2.43. The molecule has 4 atom stereocenters. The summed E-state index contributed by atoms with van der Waals surface area (Å²) >= 11 is 0.